The second kappa shape index (κ2) is 7.05. The number of amides is 2. The monoisotopic (exact) mass is 335 g/mol. The van der Waals surface area contributed by atoms with Crippen molar-refractivity contribution in [3.63, 3.8) is 0 Å². The lowest BCUT2D eigenvalue weighted by molar-refractivity contribution is -0.114. The van der Waals surface area contributed by atoms with Crippen molar-refractivity contribution in [1.82, 2.24) is 5.32 Å². The van der Waals surface area contributed by atoms with Gasteiger partial charge in [0.05, 0.1) is 7.11 Å². The van der Waals surface area contributed by atoms with Crippen LogP contribution in [0, 0.1) is 0 Å². The van der Waals surface area contributed by atoms with Crippen molar-refractivity contribution in [2.24, 2.45) is 0 Å². The minimum absolute atomic E-state index is 0.370. The molecule has 2 aromatic carbocycles. The van der Waals surface area contributed by atoms with Crippen LogP contribution in [-0.2, 0) is 4.79 Å². The van der Waals surface area contributed by atoms with Crippen molar-refractivity contribution < 1.29 is 19.1 Å². The van der Waals surface area contributed by atoms with Crippen LogP contribution in [0.4, 0.5) is 0 Å². The summed E-state index contributed by atoms with van der Waals surface area (Å²) < 4.78 is 10.9. The van der Waals surface area contributed by atoms with Crippen molar-refractivity contribution in [3.8, 4) is 11.5 Å². The van der Waals surface area contributed by atoms with E-state index >= 15 is 0 Å². The van der Waals surface area contributed by atoms with Crippen molar-refractivity contribution in [2.75, 3.05) is 13.7 Å². The van der Waals surface area contributed by atoms with Crippen molar-refractivity contribution in [3.05, 3.63) is 71.8 Å². The molecule has 5 heteroatoms. The Hall–Kier alpha value is -3.34. The summed E-state index contributed by atoms with van der Waals surface area (Å²) in [5.41, 5.74) is 2.28. The summed E-state index contributed by atoms with van der Waals surface area (Å²) in [5, 5.41) is 2.36. The summed E-state index contributed by atoms with van der Waals surface area (Å²) >= 11 is 0. The van der Waals surface area contributed by atoms with Gasteiger partial charge in [-0.05, 0) is 35.4 Å². The van der Waals surface area contributed by atoms with E-state index < -0.39 is 5.91 Å². The van der Waals surface area contributed by atoms with Gasteiger partial charge in [0, 0.05) is 11.1 Å². The van der Waals surface area contributed by atoms with Gasteiger partial charge < -0.3 is 9.47 Å². The smallest absolute Gasteiger partial charge is 0.258 e. The highest BCUT2D eigenvalue weighted by molar-refractivity contribution is 6.33. The third-order valence-corrected chi connectivity index (χ3v) is 3.79. The fourth-order valence-electron chi connectivity index (χ4n) is 2.63. The van der Waals surface area contributed by atoms with Gasteiger partial charge in [-0.25, -0.2) is 0 Å². The molecule has 0 aromatic heterocycles. The first-order valence-corrected chi connectivity index (χ1v) is 7.72. The third kappa shape index (κ3) is 3.30. The third-order valence-electron chi connectivity index (χ3n) is 3.79. The molecule has 0 bridgehead atoms. The second-order valence-electron chi connectivity index (χ2n) is 5.40. The fourth-order valence-corrected chi connectivity index (χ4v) is 2.63. The molecule has 1 N–H and O–H groups in total. The van der Waals surface area contributed by atoms with E-state index in [0.29, 0.717) is 34.8 Å². The Kier molecular flexibility index (Phi) is 4.66. The number of nitrogens with one attached hydrogen (secondary N) is 1. The van der Waals surface area contributed by atoms with Gasteiger partial charge in [0.1, 0.15) is 6.61 Å². The lowest BCUT2D eigenvalue weighted by Crippen LogP contribution is -2.36. The molecule has 1 aliphatic rings. The summed E-state index contributed by atoms with van der Waals surface area (Å²) in [5.74, 6) is 0.336. The van der Waals surface area contributed by atoms with E-state index in [0.717, 1.165) is 5.56 Å². The maximum Gasteiger partial charge on any atom is 0.258 e. The molecule has 0 radical (unpaired) electrons. The van der Waals surface area contributed by atoms with Gasteiger partial charge in [-0.2, -0.15) is 0 Å². The number of carbonyl (C=O) groups excluding carboxylic acids is 2. The summed E-state index contributed by atoms with van der Waals surface area (Å²) in [6.45, 7) is 3.98. The number of hydrogen-bond donors (Lipinski definition) is 1. The minimum atomic E-state index is -0.422. The molecule has 1 aliphatic heterocycles. The zero-order chi connectivity index (χ0) is 17.8. The van der Waals surface area contributed by atoms with Crippen molar-refractivity contribution in [1.29, 1.82) is 0 Å². The van der Waals surface area contributed by atoms with Crippen LogP contribution < -0.4 is 14.8 Å². The number of ether oxygens (including phenoxy) is 2. The van der Waals surface area contributed by atoms with E-state index in [-0.39, 0.29) is 5.91 Å². The second-order valence-corrected chi connectivity index (χ2v) is 5.40. The van der Waals surface area contributed by atoms with Gasteiger partial charge in [-0.1, -0.05) is 36.9 Å². The molecular weight excluding hydrogens is 318 g/mol. The van der Waals surface area contributed by atoms with Crippen LogP contribution in [0.25, 0.3) is 11.6 Å². The average molecular weight is 335 g/mol. The quantitative estimate of drug-likeness (QED) is 0.518. The van der Waals surface area contributed by atoms with Crippen LogP contribution in [0.3, 0.4) is 0 Å². The molecule has 5 nitrogen and oxygen atoms in total. The van der Waals surface area contributed by atoms with E-state index in [1.54, 1.807) is 55.7 Å². The van der Waals surface area contributed by atoms with Crippen LogP contribution in [-0.4, -0.2) is 25.5 Å². The molecule has 1 heterocycles. The summed E-state index contributed by atoms with van der Waals surface area (Å²) in [6.07, 6.45) is 3.37. The van der Waals surface area contributed by atoms with Crippen LogP contribution in [0.2, 0.25) is 0 Å². The highest BCUT2D eigenvalue weighted by Gasteiger charge is 2.26. The van der Waals surface area contributed by atoms with Gasteiger partial charge in [0.25, 0.3) is 11.8 Å². The molecule has 0 fully saturated rings. The van der Waals surface area contributed by atoms with Crippen molar-refractivity contribution in [2.45, 2.75) is 0 Å². The number of fused-ring (bicyclic) bond motifs is 1. The molecule has 126 valence electrons. The number of rotatable bonds is 5. The summed E-state index contributed by atoms with van der Waals surface area (Å²) in [6, 6.07) is 12.4. The lowest BCUT2D eigenvalue weighted by Gasteiger charge is -2.18. The van der Waals surface area contributed by atoms with Gasteiger partial charge in [0.2, 0.25) is 0 Å². The van der Waals surface area contributed by atoms with Gasteiger partial charge in [-0.3, -0.25) is 14.9 Å². The first kappa shape index (κ1) is 16.5. The van der Waals surface area contributed by atoms with E-state index in [4.69, 9.17) is 9.47 Å². The Morgan fingerprint density at radius 3 is 2.52 bits per heavy atom. The zero-order valence-corrected chi connectivity index (χ0v) is 13.7. The molecule has 0 saturated heterocycles. The van der Waals surface area contributed by atoms with Gasteiger partial charge in [-0.15, -0.1) is 0 Å². The summed E-state index contributed by atoms with van der Waals surface area (Å²) in [4.78, 5) is 24.2. The molecule has 0 spiro atoms. The number of benzene rings is 2. The standard InChI is InChI=1S/C20H17NO4/c1-3-10-25-17-9-8-13(12-18(17)24-2)11-16-14-6-4-5-7-15(14)19(22)21-20(16)23/h3-9,11-12H,1,10H2,2H3,(H,21,22,23). The Morgan fingerprint density at radius 2 is 1.80 bits per heavy atom. The first-order chi connectivity index (χ1) is 12.1. The normalized spacial score (nSPS) is 14.7. The molecule has 0 unspecified atom stereocenters. The molecule has 0 saturated carbocycles. The Morgan fingerprint density at radius 1 is 1.04 bits per heavy atom. The van der Waals surface area contributed by atoms with E-state index in [2.05, 4.69) is 11.9 Å². The topological polar surface area (TPSA) is 64.6 Å². The molecule has 25 heavy (non-hydrogen) atoms. The molecule has 2 aromatic rings. The van der Waals surface area contributed by atoms with E-state index in [9.17, 15) is 9.59 Å². The molecule has 2 amide bonds. The average Bonchev–Trinajstić information content (AvgIpc) is 2.63. The highest BCUT2D eigenvalue weighted by atomic mass is 16.5. The molecule has 3 rings (SSSR count). The molecule has 0 atom stereocenters. The number of methoxy groups -OCH3 is 1. The maximum atomic E-state index is 12.3. The van der Waals surface area contributed by atoms with Crippen LogP contribution in [0.15, 0.2) is 55.1 Å². The number of hydrogen-bond acceptors (Lipinski definition) is 4. The predicted molar refractivity (Wildman–Crippen MR) is 95.5 cm³/mol. The first-order valence-electron chi connectivity index (χ1n) is 7.72. The van der Waals surface area contributed by atoms with Crippen LogP contribution in [0.5, 0.6) is 11.5 Å². The minimum Gasteiger partial charge on any atom is -0.493 e. The maximum absolute atomic E-state index is 12.3. The van der Waals surface area contributed by atoms with Gasteiger partial charge in [0.15, 0.2) is 11.5 Å². The summed E-state index contributed by atoms with van der Waals surface area (Å²) in [7, 11) is 1.55. The SMILES string of the molecule is C=CCOc1ccc(C=C2C(=O)NC(=O)c3ccccc32)cc1OC. The Labute approximate surface area is 145 Å². The number of imide groups is 1. The van der Waals surface area contributed by atoms with Crippen LogP contribution >= 0.6 is 0 Å². The van der Waals surface area contributed by atoms with Crippen molar-refractivity contribution >= 4 is 23.5 Å². The lowest BCUT2D eigenvalue weighted by atomic mass is 9.93. The Balaban J connectivity index is 2.03. The van der Waals surface area contributed by atoms with E-state index in [1.165, 1.54) is 0 Å². The zero-order valence-electron chi connectivity index (χ0n) is 13.7. The highest BCUT2D eigenvalue weighted by Crippen LogP contribution is 2.31. The molecular formula is C20H17NO4. The largest absolute Gasteiger partial charge is 0.493 e. The number of carbonyl (C=O) groups is 2. The van der Waals surface area contributed by atoms with Gasteiger partial charge >= 0.3 is 0 Å². The van der Waals surface area contributed by atoms with E-state index in [1.807, 2.05) is 6.07 Å². The van der Waals surface area contributed by atoms with Crippen LogP contribution in [0.1, 0.15) is 21.5 Å². The molecule has 0 aliphatic carbocycles. The fraction of sp³-hybridized carbons (Fsp3) is 0.100. The Bertz CT molecular complexity index is 883. The predicted octanol–water partition coefficient (Wildman–Crippen LogP) is 3.07.